The van der Waals surface area contributed by atoms with Gasteiger partial charge >= 0.3 is 6.36 Å². The Morgan fingerprint density at radius 2 is 1.60 bits per heavy atom. The van der Waals surface area contributed by atoms with E-state index in [1.54, 1.807) is 12.1 Å². The molecule has 8 rings (SSSR count). The van der Waals surface area contributed by atoms with Gasteiger partial charge < -0.3 is 19.1 Å². The number of amides is 2. The number of benzene rings is 3. The second-order valence-corrected chi connectivity index (χ2v) is 16.6. The molecule has 0 bridgehead atoms. The van der Waals surface area contributed by atoms with Gasteiger partial charge in [0.15, 0.2) is 0 Å². The van der Waals surface area contributed by atoms with Crippen molar-refractivity contribution in [3.05, 3.63) is 83.6 Å². The summed E-state index contributed by atoms with van der Waals surface area (Å²) in [5.41, 5.74) is 8.08. The van der Waals surface area contributed by atoms with Crippen molar-refractivity contribution >= 4 is 28.4 Å². The number of imide groups is 1. The Morgan fingerprint density at radius 1 is 0.842 bits per heavy atom. The molecule has 1 N–H and O–H groups in total. The number of carbonyl (C=O) groups is 2. The number of halogens is 3. The van der Waals surface area contributed by atoms with Crippen LogP contribution in [0.5, 0.6) is 5.75 Å². The lowest BCUT2D eigenvalue weighted by Gasteiger charge is -2.39. The second kappa shape index (κ2) is 16.8. The molecule has 3 aromatic carbocycles. The zero-order valence-electron chi connectivity index (χ0n) is 33.1. The molecular weight excluding hydrogens is 732 g/mol. The van der Waals surface area contributed by atoms with Crippen molar-refractivity contribution in [2.45, 2.75) is 70.7 Å². The molecule has 304 valence electrons. The molecule has 4 aliphatic rings. The Morgan fingerprint density at radius 3 is 2.32 bits per heavy atom. The normalized spacial score (nSPS) is 20.5. The van der Waals surface area contributed by atoms with Crippen molar-refractivity contribution in [2.75, 3.05) is 71.4 Å². The Balaban J connectivity index is 0.836. The van der Waals surface area contributed by atoms with Crippen LogP contribution < -0.4 is 15.0 Å². The molecule has 3 fully saturated rings. The summed E-state index contributed by atoms with van der Waals surface area (Å²) in [5.74, 6) is 0.127. The van der Waals surface area contributed by atoms with E-state index in [0.29, 0.717) is 18.8 Å². The van der Waals surface area contributed by atoms with E-state index in [4.69, 9.17) is 0 Å². The number of anilines is 1. The van der Waals surface area contributed by atoms with E-state index in [1.807, 2.05) is 0 Å². The van der Waals surface area contributed by atoms with Gasteiger partial charge in [-0.1, -0.05) is 24.3 Å². The minimum atomic E-state index is -4.72. The second-order valence-electron chi connectivity index (χ2n) is 16.6. The average molecular weight is 786 g/mol. The molecule has 4 aromatic rings. The van der Waals surface area contributed by atoms with Crippen molar-refractivity contribution in [3.8, 4) is 16.9 Å². The van der Waals surface area contributed by atoms with E-state index in [9.17, 15) is 22.8 Å². The molecule has 1 atom stereocenters. The van der Waals surface area contributed by atoms with Crippen molar-refractivity contribution in [1.29, 1.82) is 0 Å². The number of nitrogens with one attached hydrogen (secondary N) is 1. The third-order valence-corrected chi connectivity index (χ3v) is 12.3. The highest BCUT2D eigenvalue weighted by molar-refractivity contribution is 6.00. The van der Waals surface area contributed by atoms with Gasteiger partial charge in [-0.15, -0.1) is 13.2 Å². The number of hydrogen-bond donors (Lipinski definition) is 1. The number of ether oxygens (including phenoxy) is 1. The van der Waals surface area contributed by atoms with Gasteiger partial charge in [0.25, 0.3) is 0 Å². The van der Waals surface area contributed by atoms with Gasteiger partial charge in [0.1, 0.15) is 5.75 Å². The van der Waals surface area contributed by atoms with Crippen LogP contribution in [-0.2, 0) is 35.8 Å². The number of alkyl halides is 3. The molecule has 0 spiro atoms. The first-order valence-corrected chi connectivity index (χ1v) is 20.5. The van der Waals surface area contributed by atoms with Crippen LogP contribution in [0, 0.1) is 5.92 Å². The number of hydrogen-bond acceptors (Lipinski definition) is 8. The number of nitrogens with zero attached hydrogens (tertiary/aromatic N) is 6. The highest BCUT2D eigenvalue weighted by Gasteiger charge is 2.35. The maximum atomic E-state index is 12.8. The molecule has 13 heteroatoms. The van der Waals surface area contributed by atoms with Gasteiger partial charge in [-0.3, -0.25) is 29.6 Å². The molecule has 5 heterocycles. The van der Waals surface area contributed by atoms with Crippen LogP contribution in [0.15, 0.2) is 66.9 Å². The summed E-state index contributed by atoms with van der Waals surface area (Å²) in [7, 11) is 4.14. The highest BCUT2D eigenvalue weighted by atomic mass is 19.4. The predicted octanol–water partition coefficient (Wildman–Crippen LogP) is 6.31. The molecule has 2 amide bonds. The minimum absolute atomic E-state index is 0.166. The quantitative estimate of drug-likeness (QED) is 0.168. The van der Waals surface area contributed by atoms with Gasteiger partial charge in [0, 0.05) is 93.7 Å². The fraction of sp³-hybridized carbons (Fsp3) is 0.500. The average Bonchev–Trinajstić information content (AvgIpc) is 3.76. The van der Waals surface area contributed by atoms with Crippen molar-refractivity contribution in [3.63, 3.8) is 0 Å². The molecule has 57 heavy (non-hydrogen) atoms. The van der Waals surface area contributed by atoms with Crippen molar-refractivity contribution in [2.24, 2.45) is 5.92 Å². The number of piperazine rings is 1. The molecule has 0 saturated carbocycles. The van der Waals surface area contributed by atoms with Crippen LogP contribution in [0.1, 0.15) is 48.8 Å². The lowest BCUT2D eigenvalue weighted by molar-refractivity contribution is -0.274. The zero-order chi connectivity index (χ0) is 39.7. The molecular formula is C44H54F3N7O3. The number of piperidine rings is 2. The summed E-state index contributed by atoms with van der Waals surface area (Å²) < 4.78 is 44.9. The van der Waals surface area contributed by atoms with Gasteiger partial charge in [0.05, 0.1) is 6.04 Å². The van der Waals surface area contributed by atoms with E-state index < -0.39 is 6.36 Å². The van der Waals surface area contributed by atoms with Gasteiger partial charge in [0.2, 0.25) is 11.8 Å². The van der Waals surface area contributed by atoms with Crippen LogP contribution in [-0.4, -0.2) is 115 Å². The first kappa shape index (κ1) is 39.4. The van der Waals surface area contributed by atoms with E-state index >= 15 is 0 Å². The van der Waals surface area contributed by atoms with Crippen molar-refractivity contribution < 1.29 is 27.5 Å². The van der Waals surface area contributed by atoms with Gasteiger partial charge in [-0.05, 0) is 124 Å². The lowest BCUT2D eigenvalue weighted by Crippen LogP contribution is -2.50. The topological polar surface area (TPSA) is 76.5 Å². The monoisotopic (exact) mass is 785 g/mol. The third kappa shape index (κ3) is 9.49. The van der Waals surface area contributed by atoms with Crippen LogP contribution >= 0.6 is 0 Å². The molecule has 10 nitrogen and oxygen atoms in total. The zero-order valence-corrected chi connectivity index (χ0v) is 33.1. The number of rotatable bonds is 12. The maximum Gasteiger partial charge on any atom is 0.573 e. The standard InChI is InChI=1S/C44H54F3N7O3/c1-49(2)16-3-17-53-30-39(33-6-9-37(10-7-33)57-44(45,46)47)38-24-32(4-11-40(38)53)27-50-18-14-31(15-19-50)26-51-20-22-52(23-21-51)36-8-5-34-28-54(29-35(34)25-36)41-12-13-42(55)48-43(41)56/h4-11,24-25,30-31,41H,3,12-23,26-29H2,1-2H3,(H,48,55,56). The Kier molecular flexibility index (Phi) is 11.6. The molecule has 3 saturated heterocycles. The minimum Gasteiger partial charge on any atom is -0.406 e. The molecule has 1 unspecified atom stereocenters. The smallest absolute Gasteiger partial charge is 0.406 e. The maximum absolute atomic E-state index is 12.8. The summed E-state index contributed by atoms with van der Waals surface area (Å²) in [6.07, 6.45) is 1.76. The molecule has 4 aliphatic heterocycles. The SMILES string of the molecule is CN(C)CCCn1cc(-c2ccc(OC(F)(F)F)cc2)c2cc(CN3CCC(CN4CCN(c5ccc6c(c5)CN(C5CCC(=O)NC5=O)C6)CC4)CC3)ccc21. The van der Waals surface area contributed by atoms with Crippen molar-refractivity contribution in [1.82, 2.24) is 29.5 Å². The van der Waals surface area contributed by atoms with E-state index in [1.165, 1.54) is 47.4 Å². The lowest BCUT2D eigenvalue weighted by atomic mass is 9.95. The summed E-state index contributed by atoms with van der Waals surface area (Å²) in [5, 5.41) is 3.62. The van der Waals surface area contributed by atoms with Crippen LogP contribution in [0.3, 0.4) is 0 Å². The van der Waals surface area contributed by atoms with Crippen LogP contribution in [0.2, 0.25) is 0 Å². The van der Waals surface area contributed by atoms with E-state index in [2.05, 4.69) is 95.8 Å². The van der Waals surface area contributed by atoms with E-state index in [-0.39, 0.29) is 23.6 Å². The third-order valence-electron chi connectivity index (χ3n) is 12.3. The molecule has 0 radical (unpaired) electrons. The number of fused-ring (bicyclic) bond motifs is 2. The molecule has 0 aliphatic carbocycles. The number of aromatic nitrogens is 1. The van der Waals surface area contributed by atoms with Crippen LogP contribution in [0.25, 0.3) is 22.0 Å². The van der Waals surface area contributed by atoms with Gasteiger partial charge in [-0.2, -0.15) is 0 Å². The first-order chi connectivity index (χ1) is 27.4. The largest absolute Gasteiger partial charge is 0.573 e. The van der Waals surface area contributed by atoms with Gasteiger partial charge in [-0.25, -0.2) is 0 Å². The fourth-order valence-corrected chi connectivity index (χ4v) is 9.25. The number of carbonyl (C=O) groups excluding carboxylic acids is 2. The summed E-state index contributed by atoms with van der Waals surface area (Å²) in [6, 6.07) is 19.4. The van der Waals surface area contributed by atoms with Crippen LogP contribution in [0.4, 0.5) is 18.9 Å². The predicted molar refractivity (Wildman–Crippen MR) is 216 cm³/mol. The molecule has 1 aromatic heterocycles. The Bertz CT molecular complexity index is 2050. The number of aryl methyl sites for hydroxylation is 1. The Labute approximate surface area is 333 Å². The fourth-order valence-electron chi connectivity index (χ4n) is 9.25. The highest BCUT2D eigenvalue weighted by Crippen LogP contribution is 2.35. The summed E-state index contributed by atoms with van der Waals surface area (Å²) >= 11 is 0. The first-order valence-electron chi connectivity index (χ1n) is 20.5. The number of likely N-dealkylation sites (tertiary alicyclic amines) is 1. The van der Waals surface area contributed by atoms with E-state index in [0.717, 1.165) is 107 Å². The summed E-state index contributed by atoms with van der Waals surface area (Å²) in [6.45, 7) is 11.6. The Hall–Kier alpha value is -4.43. The summed E-state index contributed by atoms with van der Waals surface area (Å²) in [4.78, 5) is 36.2.